The Morgan fingerprint density at radius 3 is 2.33 bits per heavy atom. The molecule has 0 aliphatic heterocycles. The third kappa shape index (κ3) is 5.23. The van der Waals surface area contributed by atoms with E-state index >= 15 is 0 Å². The van der Waals surface area contributed by atoms with Crippen molar-refractivity contribution in [3.05, 3.63) is 82.3 Å². The van der Waals surface area contributed by atoms with Crippen molar-refractivity contribution in [1.82, 2.24) is 0 Å². The fourth-order valence-electron chi connectivity index (χ4n) is 2.76. The van der Waals surface area contributed by atoms with Crippen LogP contribution >= 0.6 is 23.2 Å². The van der Waals surface area contributed by atoms with Gasteiger partial charge in [-0.2, -0.15) is 0 Å². The smallest absolute Gasteiger partial charge is 0.323 e. The standard InChI is InChI=1S/C21H18Cl2N2O2/c22-17-10-16(11-18(23)13-17)15-5-3-6-19(12-15)24-21(27)25-20-7-2-1-4-14(20)8-9-26/h1-7,10-13,26H,8-9H2,(H2,24,25,27). The minimum Gasteiger partial charge on any atom is -0.396 e. The minimum absolute atomic E-state index is 0.0184. The predicted octanol–water partition coefficient (Wildman–Crippen LogP) is 5.84. The lowest BCUT2D eigenvalue weighted by molar-refractivity contribution is 0.262. The second kappa shape index (κ2) is 8.91. The Morgan fingerprint density at radius 2 is 1.59 bits per heavy atom. The van der Waals surface area contributed by atoms with Crippen LogP contribution in [0.4, 0.5) is 16.2 Å². The van der Waals surface area contributed by atoms with Crippen LogP contribution in [0.15, 0.2) is 66.7 Å². The first kappa shape index (κ1) is 19.2. The molecule has 0 aliphatic rings. The molecule has 0 unspecified atom stereocenters. The number of para-hydroxylation sites is 1. The lowest BCUT2D eigenvalue weighted by atomic mass is 10.1. The van der Waals surface area contributed by atoms with Gasteiger partial charge in [-0.05, 0) is 59.5 Å². The third-order valence-electron chi connectivity index (χ3n) is 3.96. The normalized spacial score (nSPS) is 10.5. The maximum absolute atomic E-state index is 12.4. The molecule has 3 aromatic rings. The predicted molar refractivity (Wildman–Crippen MR) is 112 cm³/mol. The van der Waals surface area contributed by atoms with Gasteiger partial charge >= 0.3 is 6.03 Å². The highest BCUT2D eigenvalue weighted by Crippen LogP contribution is 2.29. The number of carbonyl (C=O) groups is 1. The Kier molecular flexibility index (Phi) is 6.35. The van der Waals surface area contributed by atoms with Gasteiger partial charge < -0.3 is 15.7 Å². The summed E-state index contributed by atoms with van der Waals surface area (Å²) in [4.78, 5) is 12.4. The number of aliphatic hydroxyl groups is 1. The fourth-order valence-corrected chi connectivity index (χ4v) is 3.29. The zero-order valence-corrected chi connectivity index (χ0v) is 15.9. The SMILES string of the molecule is O=C(Nc1cccc(-c2cc(Cl)cc(Cl)c2)c1)Nc1ccccc1CCO. The van der Waals surface area contributed by atoms with E-state index in [-0.39, 0.29) is 12.6 Å². The summed E-state index contributed by atoms with van der Waals surface area (Å²) in [6.45, 7) is 0.0184. The molecule has 27 heavy (non-hydrogen) atoms. The highest BCUT2D eigenvalue weighted by Gasteiger charge is 2.08. The molecule has 6 heteroatoms. The number of anilines is 2. The van der Waals surface area contributed by atoms with E-state index in [1.54, 1.807) is 18.2 Å². The number of halogens is 2. The van der Waals surface area contributed by atoms with Gasteiger partial charge in [0.05, 0.1) is 0 Å². The number of benzene rings is 3. The second-order valence-electron chi connectivity index (χ2n) is 5.95. The number of urea groups is 1. The van der Waals surface area contributed by atoms with Gasteiger partial charge in [-0.3, -0.25) is 0 Å². The summed E-state index contributed by atoms with van der Waals surface area (Å²) in [6.07, 6.45) is 0.474. The molecule has 2 amide bonds. The second-order valence-corrected chi connectivity index (χ2v) is 6.82. The molecule has 0 radical (unpaired) electrons. The summed E-state index contributed by atoms with van der Waals surface area (Å²) in [6, 6.07) is 19.7. The molecule has 4 nitrogen and oxygen atoms in total. The molecule has 0 saturated carbocycles. The quantitative estimate of drug-likeness (QED) is 0.503. The number of aliphatic hydroxyl groups excluding tert-OH is 1. The zero-order valence-electron chi connectivity index (χ0n) is 14.4. The molecule has 0 aromatic heterocycles. The van der Waals surface area contributed by atoms with Gasteiger partial charge in [-0.1, -0.05) is 53.5 Å². The minimum atomic E-state index is -0.360. The Balaban J connectivity index is 1.75. The van der Waals surface area contributed by atoms with Crippen molar-refractivity contribution in [1.29, 1.82) is 0 Å². The first-order valence-corrected chi connectivity index (χ1v) is 9.14. The summed E-state index contributed by atoms with van der Waals surface area (Å²) >= 11 is 12.1. The van der Waals surface area contributed by atoms with Crippen LogP contribution in [-0.2, 0) is 6.42 Å². The van der Waals surface area contributed by atoms with E-state index in [4.69, 9.17) is 28.3 Å². The number of rotatable bonds is 5. The molecule has 0 saturated heterocycles. The van der Waals surface area contributed by atoms with Crippen LogP contribution in [0, 0.1) is 0 Å². The van der Waals surface area contributed by atoms with Crippen LogP contribution in [0.2, 0.25) is 10.0 Å². The lowest BCUT2D eigenvalue weighted by Crippen LogP contribution is -2.20. The Morgan fingerprint density at radius 1 is 0.852 bits per heavy atom. The number of nitrogens with one attached hydrogen (secondary N) is 2. The topological polar surface area (TPSA) is 61.4 Å². The molecule has 3 rings (SSSR count). The molecule has 138 valence electrons. The van der Waals surface area contributed by atoms with Crippen LogP contribution < -0.4 is 10.6 Å². The van der Waals surface area contributed by atoms with Crippen molar-refractivity contribution in [2.75, 3.05) is 17.2 Å². The molecule has 0 heterocycles. The van der Waals surface area contributed by atoms with Crippen molar-refractivity contribution >= 4 is 40.6 Å². The summed E-state index contributed by atoms with van der Waals surface area (Å²) in [5, 5.41) is 15.9. The van der Waals surface area contributed by atoms with Gasteiger partial charge in [0.1, 0.15) is 0 Å². The number of amides is 2. The molecule has 0 spiro atoms. The van der Waals surface area contributed by atoms with Crippen molar-refractivity contribution in [3.8, 4) is 11.1 Å². The summed E-state index contributed by atoms with van der Waals surface area (Å²) < 4.78 is 0. The Bertz CT molecular complexity index is 940. The lowest BCUT2D eigenvalue weighted by Gasteiger charge is -2.12. The van der Waals surface area contributed by atoms with E-state index in [0.717, 1.165) is 16.7 Å². The van der Waals surface area contributed by atoms with Crippen LogP contribution in [0.1, 0.15) is 5.56 Å². The highest BCUT2D eigenvalue weighted by molar-refractivity contribution is 6.35. The molecule has 0 fully saturated rings. The van der Waals surface area contributed by atoms with Gasteiger partial charge in [0.15, 0.2) is 0 Å². The first-order chi connectivity index (χ1) is 13.0. The fraction of sp³-hybridized carbons (Fsp3) is 0.0952. The van der Waals surface area contributed by atoms with E-state index in [1.165, 1.54) is 0 Å². The Hall–Kier alpha value is -2.53. The molecular formula is C21H18Cl2N2O2. The van der Waals surface area contributed by atoms with Gasteiger partial charge in [0.25, 0.3) is 0 Å². The number of carbonyl (C=O) groups excluding carboxylic acids is 1. The maximum atomic E-state index is 12.4. The molecule has 0 aliphatic carbocycles. The maximum Gasteiger partial charge on any atom is 0.323 e. The van der Waals surface area contributed by atoms with E-state index < -0.39 is 0 Å². The van der Waals surface area contributed by atoms with E-state index in [0.29, 0.717) is 27.8 Å². The summed E-state index contributed by atoms with van der Waals surface area (Å²) in [5.41, 5.74) is 3.93. The third-order valence-corrected chi connectivity index (χ3v) is 4.40. The first-order valence-electron chi connectivity index (χ1n) is 8.38. The number of hydrogen-bond acceptors (Lipinski definition) is 2. The Labute approximate surface area is 167 Å². The van der Waals surface area contributed by atoms with Crippen LogP contribution in [0.25, 0.3) is 11.1 Å². The van der Waals surface area contributed by atoms with Crippen LogP contribution in [0.3, 0.4) is 0 Å². The van der Waals surface area contributed by atoms with Crippen molar-refractivity contribution in [2.45, 2.75) is 6.42 Å². The van der Waals surface area contributed by atoms with Gasteiger partial charge in [-0.25, -0.2) is 4.79 Å². The van der Waals surface area contributed by atoms with Crippen molar-refractivity contribution in [3.63, 3.8) is 0 Å². The van der Waals surface area contributed by atoms with Crippen molar-refractivity contribution < 1.29 is 9.90 Å². The largest absolute Gasteiger partial charge is 0.396 e. The molecule has 3 N–H and O–H groups in total. The average molecular weight is 401 g/mol. The van der Waals surface area contributed by atoms with Gasteiger partial charge in [0.2, 0.25) is 0 Å². The van der Waals surface area contributed by atoms with Crippen LogP contribution in [-0.4, -0.2) is 17.7 Å². The zero-order chi connectivity index (χ0) is 19.2. The van der Waals surface area contributed by atoms with E-state index in [9.17, 15) is 4.79 Å². The molecule has 0 atom stereocenters. The summed E-state index contributed by atoms with van der Waals surface area (Å²) in [7, 11) is 0. The van der Waals surface area contributed by atoms with Crippen LogP contribution in [0.5, 0.6) is 0 Å². The average Bonchev–Trinajstić information content (AvgIpc) is 2.63. The molecular weight excluding hydrogens is 383 g/mol. The van der Waals surface area contributed by atoms with Gasteiger partial charge in [0, 0.05) is 28.0 Å². The summed E-state index contributed by atoms with van der Waals surface area (Å²) in [5.74, 6) is 0. The van der Waals surface area contributed by atoms with E-state index in [2.05, 4.69) is 10.6 Å². The van der Waals surface area contributed by atoms with E-state index in [1.807, 2.05) is 48.5 Å². The molecule has 3 aromatic carbocycles. The monoisotopic (exact) mass is 400 g/mol. The molecule has 0 bridgehead atoms. The van der Waals surface area contributed by atoms with Gasteiger partial charge in [-0.15, -0.1) is 0 Å². The highest BCUT2D eigenvalue weighted by atomic mass is 35.5. The number of hydrogen-bond donors (Lipinski definition) is 3. The van der Waals surface area contributed by atoms with Crippen molar-refractivity contribution in [2.24, 2.45) is 0 Å².